The van der Waals surface area contributed by atoms with E-state index in [0.29, 0.717) is 13.1 Å². The highest BCUT2D eigenvalue weighted by atomic mass is 16.4. The molecule has 1 aliphatic rings. The Labute approximate surface area is 63.9 Å². The fourth-order valence-electron chi connectivity index (χ4n) is 0.856. The SMILES string of the molecule is N=O.O=C(O)N1CCNCC1. The molecule has 1 saturated heterocycles. The maximum absolute atomic E-state index is 10.3. The molecule has 64 valence electrons. The molecule has 1 fully saturated rings. The smallest absolute Gasteiger partial charge is 0.407 e. The van der Waals surface area contributed by atoms with Crippen LogP contribution in [0, 0.1) is 10.5 Å². The Morgan fingerprint density at radius 3 is 2.09 bits per heavy atom. The van der Waals surface area contributed by atoms with Gasteiger partial charge in [0, 0.05) is 26.2 Å². The van der Waals surface area contributed by atoms with Crippen molar-refractivity contribution in [1.82, 2.24) is 10.2 Å². The molecule has 1 aliphatic heterocycles. The fraction of sp³-hybridized carbons (Fsp3) is 0.800. The number of hydrogen-bond donors (Lipinski definition) is 3. The Bertz CT molecular complexity index is 124. The number of nitrogens with zero attached hydrogens (tertiary/aromatic N) is 1. The minimum Gasteiger partial charge on any atom is -0.465 e. The Morgan fingerprint density at radius 1 is 1.36 bits per heavy atom. The van der Waals surface area contributed by atoms with E-state index >= 15 is 0 Å². The number of piperazine rings is 1. The van der Waals surface area contributed by atoms with Crippen LogP contribution in [0.25, 0.3) is 0 Å². The van der Waals surface area contributed by atoms with E-state index in [1.165, 1.54) is 4.90 Å². The van der Waals surface area contributed by atoms with Crippen molar-refractivity contribution >= 4 is 6.09 Å². The lowest BCUT2D eigenvalue weighted by Crippen LogP contribution is -2.45. The Hall–Kier alpha value is -1.17. The van der Waals surface area contributed by atoms with Gasteiger partial charge in [-0.25, -0.2) is 4.79 Å². The van der Waals surface area contributed by atoms with Crippen LogP contribution in [0.3, 0.4) is 0 Å². The highest BCUT2D eigenvalue weighted by Gasteiger charge is 2.13. The first kappa shape index (κ1) is 9.83. The van der Waals surface area contributed by atoms with Crippen LogP contribution < -0.4 is 5.32 Å². The lowest BCUT2D eigenvalue weighted by Gasteiger charge is -2.23. The van der Waals surface area contributed by atoms with Gasteiger partial charge in [-0.05, 0) is 0 Å². The minimum atomic E-state index is -0.809. The molecule has 0 aromatic carbocycles. The second-order valence-electron chi connectivity index (χ2n) is 2.02. The summed E-state index contributed by atoms with van der Waals surface area (Å²) >= 11 is 0. The van der Waals surface area contributed by atoms with Crippen molar-refractivity contribution < 1.29 is 9.90 Å². The predicted octanol–water partition coefficient (Wildman–Crippen LogP) is -0.0988. The van der Waals surface area contributed by atoms with E-state index in [0.717, 1.165) is 13.1 Å². The van der Waals surface area contributed by atoms with Gasteiger partial charge in [0.1, 0.15) is 0 Å². The van der Waals surface area contributed by atoms with Crippen molar-refractivity contribution in [2.45, 2.75) is 0 Å². The average molecular weight is 161 g/mol. The molecule has 1 rings (SSSR count). The maximum atomic E-state index is 10.3. The van der Waals surface area contributed by atoms with Crippen molar-refractivity contribution in [1.29, 1.82) is 5.59 Å². The molecule has 6 heteroatoms. The molecule has 0 aromatic heterocycles. The van der Waals surface area contributed by atoms with Crippen molar-refractivity contribution in [3.8, 4) is 0 Å². The number of hydrogen-bond acceptors (Lipinski definition) is 4. The van der Waals surface area contributed by atoms with E-state index < -0.39 is 6.09 Å². The number of amides is 1. The lowest BCUT2D eigenvalue weighted by atomic mass is 10.4. The van der Waals surface area contributed by atoms with Gasteiger partial charge < -0.3 is 15.3 Å². The highest BCUT2D eigenvalue weighted by molar-refractivity contribution is 5.65. The van der Waals surface area contributed by atoms with Crippen LogP contribution in [0.1, 0.15) is 0 Å². The topological polar surface area (TPSA) is 93.5 Å². The molecule has 0 saturated carbocycles. The van der Waals surface area contributed by atoms with E-state index in [1.54, 1.807) is 0 Å². The first-order valence-electron chi connectivity index (χ1n) is 3.20. The average Bonchev–Trinajstić information content (AvgIpc) is 2.10. The van der Waals surface area contributed by atoms with Crippen LogP contribution in [-0.4, -0.2) is 42.3 Å². The molecule has 0 unspecified atom stereocenters. The predicted molar refractivity (Wildman–Crippen MR) is 38.6 cm³/mol. The molecule has 11 heavy (non-hydrogen) atoms. The van der Waals surface area contributed by atoms with E-state index in [1.807, 2.05) is 0 Å². The third-order valence-electron chi connectivity index (χ3n) is 1.39. The van der Waals surface area contributed by atoms with Gasteiger partial charge in [-0.15, -0.1) is 0 Å². The molecule has 0 spiro atoms. The summed E-state index contributed by atoms with van der Waals surface area (Å²) in [5.41, 5.74) is 4.50. The molecule has 3 N–H and O–H groups in total. The molecular weight excluding hydrogens is 150 g/mol. The van der Waals surface area contributed by atoms with Gasteiger partial charge in [0.15, 0.2) is 0 Å². The third-order valence-corrected chi connectivity index (χ3v) is 1.39. The Balaban J connectivity index is 0.000000461. The quantitative estimate of drug-likeness (QED) is 0.432. The van der Waals surface area contributed by atoms with Crippen molar-refractivity contribution in [3.05, 3.63) is 4.91 Å². The summed E-state index contributed by atoms with van der Waals surface area (Å²) in [4.78, 5) is 19.2. The number of nitroso groups, excluding NO2 is 1. The number of carbonyl (C=O) groups is 1. The summed E-state index contributed by atoms with van der Waals surface area (Å²) in [5.74, 6) is 0. The molecule has 0 aromatic rings. The van der Waals surface area contributed by atoms with Gasteiger partial charge in [-0.2, -0.15) is 4.91 Å². The Morgan fingerprint density at radius 2 is 1.82 bits per heavy atom. The van der Waals surface area contributed by atoms with Crippen LogP contribution in [0.15, 0.2) is 0 Å². The number of rotatable bonds is 0. The minimum absolute atomic E-state index is 0.620. The second kappa shape index (κ2) is 5.60. The monoisotopic (exact) mass is 161 g/mol. The molecule has 0 bridgehead atoms. The van der Waals surface area contributed by atoms with E-state index in [-0.39, 0.29) is 0 Å². The summed E-state index contributed by atoms with van der Waals surface area (Å²) in [7, 11) is 0. The van der Waals surface area contributed by atoms with E-state index in [9.17, 15) is 4.79 Å². The standard InChI is InChI=1S/C5H10N2O2.HNO/c8-5(9)7-3-1-6-2-4-7;1-2/h6H,1-4H2,(H,8,9);1H. The van der Waals surface area contributed by atoms with Gasteiger partial charge in [-0.3, -0.25) is 0 Å². The van der Waals surface area contributed by atoms with E-state index in [4.69, 9.17) is 10.0 Å². The maximum Gasteiger partial charge on any atom is 0.407 e. The second-order valence-corrected chi connectivity index (χ2v) is 2.02. The highest BCUT2D eigenvalue weighted by Crippen LogP contribution is 1.90. The van der Waals surface area contributed by atoms with Crippen molar-refractivity contribution in [3.63, 3.8) is 0 Å². The van der Waals surface area contributed by atoms with Crippen LogP contribution in [0.2, 0.25) is 0 Å². The zero-order chi connectivity index (χ0) is 8.69. The van der Waals surface area contributed by atoms with Crippen LogP contribution in [0.5, 0.6) is 0 Å². The molecule has 0 atom stereocenters. The fourth-order valence-corrected chi connectivity index (χ4v) is 0.856. The zero-order valence-corrected chi connectivity index (χ0v) is 6.04. The molecule has 0 aliphatic carbocycles. The van der Waals surface area contributed by atoms with Crippen LogP contribution >= 0.6 is 0 Å². The molecule has 6 nitrogen and oxygen atoms in total. The van der Waals surface area contributed by atoms with Crippen molar-refractivity contribution in [2.24, 2.45) is 0 Å². The van der Waals surface area contributed by atoms with Crippen LogP contribution in [-0.2, 0) is 0 Å². The first-order chi connectivity index (χ1) is 5.30. The van der Waals surface area contributed by atoms with Crippen molar-refractivity contribution in [2.75, 3.05) is 26.2 Å². The van der Waals surface area contributed by atoms with Gasteiger partial charge in [-0.1, -0.05) is 5.59 Å². The lowest BCUT2D eigenvalue weighted by molar-refractivity contribution is 0.139. The molecule has 1 amide bonds. The summed E-state index contributed by atoms with van der Waals surface area (Å²) in [6.07, 6.45) is -0.809. The van der Waals surface area contributed by atoms with E-state index in [2.05, 4.69) is 10.9 Å². The molecule has 0 radical (unpaired) electrons. The van der Waals surface area contributed by atoms with Gasteiger partial charge in [0.05, 0.1) is 0 Å². The summed E-state index contributed by atoms with van der Waals surface area (Å²) in [6.45, 7) is 2.81. The van der Waals surface area contributed by atoms with Crippen LogP contribution in [0.4, 0.5) is 4.79 Å². The van der Waals surface area contributed by atoms with Gasteiger partial charge in [0.2, 0.25) is 0 Å². The third kappa shape index (κ3) is 3.51. The van der Waals surface area contributed by atoms with Gasteiger partial charge >= 0.3 is 6.09 Å². The summed E-state index contributed by atoms with van der Waals surface area (Å²) < 4.78 is 0. The Kier molecular flexibility index (Phi) is 5.01. The summed E-state index contributed by atoms with van der Waals surface area (Å²) in [6, 6.07) is 0. The molecule has 1 heterocycles. The summed E-state index contributed by atoms with van der Waals surface area (Å²) in [5, 5.41) is 11.5. The zero-order valence-electron chi connectivity index (χ0n) is 6.04. The molecular formula is C5H11N3O3. The largest absolute Gasteiger partial charge is 0.465 e. The van der Waals surface area contributed by atoms with Gasteiger partial charge in [0.25, 0.3) is 0 Å². The normalized spacial score (nSPS) is 16.5. The first-order valence-corrected chi connectivity index (χ1v) is 3.20. The number of carboxylic acid groups (broad SMARTS) is 1. The number of nitrogens with one attached hydrogen (secondary N) is 2.